The number of nitrogens with zero attached hydrogens (tertiary/aromatic N) is 1. The number of furan rings is 1. The second-order valence-electron chi connectivity index (χ2n) is 3.15. The first-order valence-electron chi connectivity index (χ1n) is 4.50. The summed E-state index contributed by atoms with van der Waals surface area (Å²) in [6.07, 6.45) is 3.48. The molecular weight excluding hydrogens is 176 g/mol. The van der Waals surface area contributed by atoms with Crippen molar-refractivity contribution in [3.05, 3.63) is 42.1 Å². The van der Waals surface area contributed by atoms with Crippen LogP contribution in [0, 0.1) is 6.92 Å². The molecule has 2 aromatic heterocycles. The van der Waals surface area contributed by atoms with Crippen LogP contribution >= 0.6 is 0 Å². The fourth-order valence-corrected chi connectivity index (χ4v) is 1.38. The molecule has 0 spiro atoms. The maximum Gasteiger partial charge on any atom is 0.125 e. The first-order chi connectivity index (χ1) is 6.81. The highest BCUT2D eigenvalue weighted by Gasteiger charge is 2.06. The van der Waals surface area contributed by atoms with Gasteiger partial charge in [0.1, 0.15) is 5.76 Å². The zero-order valence-corrected chi connectivity index (χ0v) is 8.03. The van der Waals surface area contributed by atoms with Crippen LogP contribution in [0.3, 0.4) is 0 Å². The van der Waals surface area contributed by atoms with E-state index >= 15 is 0 Å². The van der Waals surface area contributed by atoms with Gasteiger partial charge in [0.2, 0.25) is 0 Å². The lowest BCUT2D eigenvalue weighted by Gasteiger charge is -2.00. The Morgan fingerprint density at radius 3 is 2.86 bits per heavy atom. The summed E-state index contributed by atoms with van der Waals surface area (Å²) >= 11 is 0. The minimum atomic E-state index is 0.413. The van der Waals surface area contributed by atoms with Crippen molar-refractivity contribution >= 4 is 0 Å². The normalized spacial score (nSPS) is 10.4. The van der Waals surface area contributed by atoms with E-state index in [1.54, 1.807) is 6.26 Å². The lowest BCUT2D eigenvalue weighted by molar-refractivity contribution is 0.513. The molecule has 0 saturated heterocycles. The minimum Gasteiger partial charge on any atom is -0.467 e. The summed E-state index contributed by atoms with van der Waals surface area (Å²) < 4.78 is 5.25. The minimum absolute atomic E-state index is 0.413. The molecule has 0 unspecified atom stereocenters. The van der Waals surface area contributed by atoms with E-state index in [-0.39, 0.29) is 0 Å². The number of aromatic nitrogens is 1. The number of rotatable bonds is 2. The van der Waals surface area contributed by atoms with Crippen molar-refractivity contribution in [2.75, 3.05) is 0 Å². The molecule has 0 fully saturated rings. The van der Waals surface area contributed by atoms with Crippen LogP contribution in [0.4, 0.5) is 0 Å². The first kappa shape index (κ1) is 8.97. The Morgan fingerprint density at radius 1 is 1.36 bits per heavy atom. The highest BCUT2D eigenvalue weighted by molar-refractivity contribution is 5.64. The summed E-state index contributed by atoms with van der Waals surface area (Å²) in [6, 6.07) is 5.91. The molecule has 0 saturated carbocycles. The van der Waals surface area contributed by atoms with E-state index in [2.05, 4.69) is 4.98 Å². The molecule has 0 radical (unpaired) electrons. The third-order valence-electron chi connectivity index (χ3n) is 2.15. The van der Waals surface area contributed by atoms with Crippen molar-refractivity contribution in [1.82, 2.24) is 4.98 Å². The predicted octanol–water partition coefficient (Wildman–Crippen LogP) is 2.11. The van der Waals surface area contributed by atoms with Crippen LogP contribution in [0.15, 0.2) is 35.1 Å². The van der Waals surface area contributed by atoms with E-state index < -0.39 is 0 Å². The third-order valence-corrected chi connectivity index (χ3v) is 2.15. The molecule has 3 nitrogen and oxygen atoms in total. The summed E-state index contributed by atoms with van der Waals surface area (Å²) in [5.41, 5.74) is 8.63. The number of nitrogens with two attached hydrogens (primary N) is 1. The molecule has 2 aromatic rings. The third kappa shape index (κ3) is 1.54. The number of hydrogen-bond acceptors (Lipinski definition) is 3. The Bertz CT molecular complexity index is 417. The van der Waals surface area contributed by atoms with Crippen LogP contribution in [0.1, 0.15) is 11.5 Å². The summed E-state index contributed by atoms with van der Waals surface area (Å²) in [6.45, 7) is 2.37. The second-order valence-corrected chi connectivity index (χ2v) is 3.15. The van der Waals surface area contributed by atoms with Crippen molar-refractivity contribution in [2.45, 2.75) is 13.5 Å². The van der Waals surface area contributed by atoms with Crippen LogP contribution in [-0.4, -0.2) is 4.98 Å². The van der Waals surface area contributed by atoms with Gasteiger partial charge in [-0.15, -0.1) is 0 Å². The second kappa shape index (κ2) is 3.64. The SMILES string of the molecule is Cc1ccc(-c2ccoc2CN)cn1. The molecule has 3 heteroatoms. The zero-order chi connectivity index (χ0) is 9.97. The Kier molecular flexibility index (Phi) is 2.33. The van der Waals surface area contributed by atoms with Crippen LogP contribution < -0.4 is 5.73 Å². The fraction of sp³-hybridized carbons (Fsp3) is 0.182. The molecule has 72 valence electrons. The van der Waals surface area contributed by atoms with Gasteiger partial charge in [0.05, 0.1) is 12.8 Å². The monoisotopic (exact) mass is 188 g/mol. The average molecular weight is 188 g/mol. The molecule has 0 atom stereocenters. The van der Waals surface area contributed by atoms with Gasteiger partial charge in [0.25, 0.3) is 0 Å². The largest absolute Gasteiger partial charge is 0.467 e. The van der Waals surface area contributed by atoms with Gasteiger partial charge in [-0.1, -0.05) is 6.07 Å². The molecule has 0 aliphatic rings. The Balaban J connectivity index is 2.44. The lowest BCUT2D eigenvalue weighted by Crippen LogP contribution is -1.96. The van der Waals surface area contributed by atoms with Crippen molar-refractivity contribution in [1.29, 1.82) is 0 Å². The Morgan fingerprint density at radius 2 is 2.21 bits per heavy atom. The molecule has 0 aromatic carbocycles. The molecule has 2 rings (SSSR count). The quantitative estimate of drug-likeness (QED) is 0.785. The molecule has 0 aliphatic carbocycles. The van der Waals surface area contributed by atoms with Gasteiger partial charge in [-0.25, -0.2) is 0 Å². The van der Waals surface area contributed by atoms with Crippen LogP contribution in [0.5, 0.6) is 0 Å². The summed E-state index contributed by atoms with van der Waals surface area (Å²) in [5.74, 6) is 0.802. The molecule has 2 N–H and O–H groups in total. The van der Waals surface area contributed by atoms with Gasteiger partial charge < -0.3 is 10.2 Å². The first-order valence-corrected chi connectivity index (χ1v) is 4.50. The van der Waals surface area contributed by atoms with Crippen molar-refractivity contribution in [3.8, 4) is 11.1 Å². The topological polar surface area (TPSA) is 52.0 Å². The van der Waals surface area contributed by atoms with E-state index in [0.717, 1.165) is 22.6 Å². The van der Waals surface area contributed by atoms with Gasteiger partial charge in [-0.3, -0.25) is 4.98 Å². The van der Waals surface area contributed by atoms with Crippen molar-refractivity contribution < 1.29 is 4.42 Å². The maximum atomic E-state index is 5.55. The van der Waals surface area contributed by atoms with Gasteiger partial charge in [0.15, 0.2) is 0 Å². The average Bonchev–Trinajstić information content (AvgIpc) is 2.67. The highest BCUT2D eigenvalue weighted by atomic mass is 16.3. The van der Waals surface area contributed by atoms with E-state index in [9.17, 15) is 0 Å². The van der Waals surface area contributed by atoms with Gasteiger partial charge in [-0.2, -0.15) is 0 Å². The molecule has 0 bridgehead atoms. The van der Waals surface area contributed by atoms with Crippen molar-refractivity contribution in [2.24, 2.45) is 5.73 Å². The highest BCUT2D eigenvalue weighted by Crippen LogP contribution is 2.23. The molecule has 2 heterocycles. The van der Waals surface area contributed by atoms with E-state index in [1.165, 1.54) is 0 Å². The van der Waals surface area contributed by atoms with E-state index in [1.807, 2.05) is 31.3 Å². The van der Waals surface area contributed by atoms with Crippen molar-refractivity contribution in [3.63, 3.8) is 0 Å². The van der Waals surface area contributed by atoms with Crippen LogP contribution in [0.2, 0.25) is 0 Å². The van der Waals surface area contributed by atoms with E-state index in [0.29, 0.717) is 6.54 Å². The van der Waals surface area contributed by atoms with Crippen LogP contribution in [-0.2, 0) is 6.54 Å². The van der Waals surface area contributed by atoms with Gasteiger partial charge in [-0.05, 0) is 19.1 Å². The fourth-order valence-electron chi connectivity index (χ4n) is 1.38. The lowest BCUT2D eigenvalue weighted by atomic mass is 10.1. The number of hydrogen-bond donors (Lipinski definition) is 1. The standard InChI is InChI=1S/C11H12N2O/c1-8-2-3-9(7-13-8)10-4-5-14-11(10)6-12/h2-5,7H,6,12H2,1H3. The number of aryl methyl sites for hydroxylation is 1. The molecule has 0 amide bonds. The molecule has 0 aliphatic heterocycles. The molecule has 14 heavy (non-hydrogen) atoms. The molecular formula is C11H12N2O. The smallest absolute Gasteiger partial charge is 0.125 e. The van der Waals surface area contributed by atoms with Crippen LogP contribution in [0.25, 0.3) is 11.1 Å². The Hall–Kier alpha value is -1.61. The summed E-state index contributed by atoms with van der Waals surface area (Å²) in [4.78, 5) is 4.23. The van der Waals surface area contributed by atoms with E-state index in [4.69, 9.17) is 10.2 Å². The van der Waals surface area contributed by atoms with Gasteiger partial charge in [0, 0.05) is 23.0 Å². The zero-order valence-electron chi connectivity index (χ0n) is 8.03. The summed E-state index contributed by atoms with van der Waals surface area (Å²) in [7, 11) is 0. The summed E-state index contributed by atoms with van der Waals surface area (Å²) in [5, 5.41) is 0. The van der Waals surface area contributed by atoms with Gasteiger partial charge >= 0.3 is 0 Å². The Labute approximate surface area is 82.6 Å². The predicted molar refractivity (Wildman–Crippen MR) is 54.6 cm³/mol. The number of pyridine rings is 1. The maximum absolute atomic E-state index is 5.55.